The molecule has 3 nitrogen and oxygen atoms in total. The Morgan fingerprint density at radius 3 is 2.11 bits per heavy atom. The van der Waals surface area contributed by atoms with Crippen LogP contribution in [0.4, 0.5) is 0 Å². The maximum atomic E-state index is 5.64. The van der Waals surface area contributed by atoms with Gasteiger partial charge in [-0.25, -0.2) is 0 Å². The van der Waals surface area contributed by atoms with Crippen molar-refractivity contribution in [3.63, 3.8) is 0 Å². The molecule has 19 heavy (non-hydrogen) atoms. The summed E-state index contributed by atoms with van der Waals surface area (Å²) in [7, 11) is 2.21. The van der Waals surface area contributed by atoms with E-state index in [-0.39, 0.29) is 0 Å². The predicted octanol–water partition coefficient (Wildman–Crippen LogP) is 3.15. The van der Waals surface area contributed by atoms with E-state index in [0.29, 0.717) is 17.6 Å². The van der Waals surface area contributed by atoms with Gasteiger partial charge in [0.05, 0.1) is 12.7 Å². The highest BCUT2D eigenvalue weighted by Crippen LogP contribution is 2.26. The van der Waals surface area contributed by atoms with Crippen molar-refractivity contribution in [3.05, 3.63) is 0 Å². The zero-order valence-electron chi connectivity index (χ0n) is 14.3. The van der Waals surface area contributed by atoms with E-state index in [1.807, 2.05) is 0 Å². The Hall–Kier alpha value is -0.120. The lowest BCUT2D eigenvalue weighted by Gasteiger charge is -2.36. The summed E-state index contributed by atoms with van der Waals surface area (Å²) in [6.07, 6.45) is 2.77. The molecule has 116 valence electrons. The van der Waals surface area contributed by atoms with Gasteiger partial charge in [0, 0.05) is 25.7 Å². The SMILES string of the molecule is CCC(CC)(CNC(C)C)CN(C)CCOC(C)C. The highest BCUT2D eigenvalue weighted by Gasteiger charge is 2.27. The monoisotopic (exact) mass is 272 g/mol. The van der Waals surface area contributed by atoms with E-state index in [1.165, 1.54) is 12.8 Å². The minimum Gasteiger partial charge on any atom is -0.377 e. The third-order valence-corrected chi connectivity index (χ3v) is 3.91. The molecule has 0 radical (unpaired) electrons. The van der Waals surface area contributed by atoms with Crippen molar-refractivity contribution in [2.75, 3.05) is 33.3 Å². The number of nitrogens with one attached hydrogen (secondary N) is 1. The topological polar surface area (TPSA) is 24.5 Å². The summed E-state index contributed by atoms with van der Waals surface area (Å²) in [5.74, 6) is 0. The molecule has 0 aromatic heterocycles. The summed E-state index contributed by atoms with van der Waals surface area (Å²) in [5, 5.41) is 3.61. The van der Waals surface area contributed by atoms with Gasteiger partial charge in [-0.15, -0.1) is 0 Å². The molecule has 0 saturated heterocycles. The molecule has 0 heterocycles. The van der Waals surface area contributed by atoms with Crippen LogP contribution in [0.5, 0.6) is 0 Å². The van der Waals surface area contributed by atoms with Gasteiger partial charge in [0.25, 0.3) is 0 Å². The zero-order valence-corrected chi connectivity index (χ0v) is 14.3. The first kappa shape index (κ1) is 18.9. The summed E-state index contributed by atoms with van der Waals surface area (Å²) in [5.41, 5.74) is 0.386. The molecule has 0 aromatic carbocycles. The second-order valence-corrected chi connectivity index (χ2v) is 6.40. The number of ether oxygens (including phenoxy) is 1. The van der Waals surface area contributed by atoms with Gasteiger partial charge >= 0.3 is 0 Å². The third-order valence-electron chi connectivity index (χ3n) is 3.91. The summed E-state index contributed by atoms with van der Waals surface area (Å²) in [6, 6.07) is 0.562. The fraction of sp³-hybridized carbons (Fsp3) is 1.00. The zero-order chi connectivity index (χ0) is 14.9. The van der Waals surface area contributed by atoms with E-state index in [9.17, 15) is 0 Å². The van der Waals surface area contributed by atoms with E-state index in [2.05, 4.69) is 58.8 Å². The van der Waals surface area contributed by atoms with Crippen molar-refractivity contribution in [1.82, 2.24) is 10.2 Å². The molecule has 0 spiro atoms. The van der Waals surface area contributed by atoms with Crippen molar-refractivity contribution >= 4 is 0 Å². The number of likely N-dealkylation sites (N-methyl/N-ethyl adjacent to an activating group) is 1. The molecule has 0 aliphatic carbocycles. The van der Waals surface area contributed by atoms with Crippen LogP contribution in [0.15, 0.2) is 0 Å². The normalized spacial score (nSPS) is 12.9. The van der Waals surface area contributed by atoms with Crippen LogP contribution in [0.3, 0.4) is 0 Å². The molecule has 0 amide bonds. The van der Waals surface area contributed by atoms with Gasteiger partial charge < -0.3 is 15.0 Å². The van der Waals surface area contributed by atoms with Crippen LogP contribution in [-0.4, -0.2) is 50.3 Å². The molecule has 3 heteroatoms. The van der Waals surface area contributed by atoms with Crippen LogP contribution in [0.1, 0.15) is 54.4 Å². The Labute approximate surface area is 121 Å². The molecule has 0 rings (SSSR count). The van der Waals surface area contributed by atoms with Crippen molar-refractivity contribution in [2.24, 2.45) is 5.41 Å². The van der Waals surface area contributed by atoms with Gasteiger partial charge in [0.2, 0.25) is 0 Å². The van der Waals surface area contributed by atoms with Crippen LogP contribution in [0, 0.1) is 5.41 Å². The van der Waals surface area contributed by atoms with E-state index in [0.717, 1.165) is 26.2 Å². The number of hydrogen-bond acceptors (Lipinski definition) is 3. The van der Waals surface area contributed by atoms with Gasteiger partial charge in [0.1, 0.15) is 0 Å². The highest BCUT2D eigenvalue weighted by molar-refractivity contribution is 4.82. The quantitative estimate of drug-likeness (QED) is 0.625. The van der Waals surface area contributed by atoms with Gasteiger partial charge in [0.15, 0.2) is 0 Å². The van der Waals surface area contributed by atoms with Crippen LogP contribution >= 0.6 is 0 Å². The first-order valence-electron chi connectivity index (χ1n) is 7.88. The van der Waals surface area contributed by atoms with Crippen molar-refractivity contribution in [3.8, 4) is 0 Å². The van der Waals surface area contributed by atoms with Crippen LogP contribution < -0.4 is 5.32 Å². The molecule has 0 fully saturated rings. The summed E-state index contributed by atoms with van der Waals surface area (Å²) in [6.45, 7) is 17.3. The molecule has 0 saturated carbocycles. The minimum atomic E-state index is 0.332. The Kier molecular flexibility index (Phi) is 9.67. The minimum absolute atomic E-state index is 0.332. The van der Waals surface area contributed by atoms with Crippen LogP contribution in [0.2, 0.25) is 0 Å². The van der Waals surface area contributed by atoms with E-state index in [4.69, 9.17) is 4.74 Å². The largest absolute Gasteiger partial charge is 0.377 e. The number of nitrogens with zero attached hydrogens (tertiary/aromatic N) is 1. The fourth-order valence-corrected chi connectivity index (χ4v) is 2.30. The van der Waals surface area contributed by atoms with E-state index in [1.54, 1.807) is 0 Å². The fourth-order valence-electron chi connectivity index (χ4n) is 2.30. The van der Waals surface area contributed by atoms with Crippen LogP contribution in [-0.2, 0) is 4.74 Å². The lowest BCUT2D eigenvalue weighted by atomic mass is 9.81. The maximum absolute atomic E-state index is 5.64. The summed E-state index contributed by atoms with van der Waals surface area (Å²) in [4.78, 5) is 2.41. The smallest absolute Gasteiger partial charge is 0.0596 e. The first-order chi connectivity index (χ1) is 8.85. The Bertz CT molecular complexity index is 213. The number of hydrogen-bond donors (Lipinski definition) is 1. The predicted molar refractivity (Wildman–Crippen MR) is 84.7 cm³/mol. The van der Waals surface area contributed by atoms with E-state index < -0.39 is 0 Å². The second kappa shape index (κ2) is 9.73. The van der Waals surface area contributed by atoms with Crippen molar-refractivity contribution in [2.45, 2.75) is 66.5 Å². The third kappa shape index (κ3) is 8.61. The highest BCUT2D eigenvalue weighted by atomic mass is 16.5. The molecular formula is C16H36N2O. The molecule has 0 bridgehead atoms. The van der Waals surface area contributed by atoms with Crippen LogP contribution in [0.25, 0.3) is 0 Å². The first-order valence-corrected chi connectivity index (χ1v) is 7.88. The standard InChI is InChI=1S/C16H36N2O/c1-8-16(9-2,12-17-14(3)4)13-18(7)10-11-19-15(5)6/h14-15,17H,8-13H2,1-7H3. The molecule has 0 aromatic rings. The second-order valence-electron chi connectivity index (χ2n) is 6.40. The molecule has 0 aliphatic heterocycles. The maximum Gasteiger partial charge on any atom is 0.0596 e. The lowest BCUT2D eigenvalue weighted by Crippen LogP contribution is -2.44. The summed E-state index contributed by atoms with van der Waals surface area (Å²) < 4.78 is 5.64. The Morgan fingerprint density at radius 1 is 1.11 bits per heavy atom. The molecule has 1 N–H and O–H groups in total. The molecular weight excluding hydrogens is 236 g/mol. The average Bonchev–Trinajstić information content (AvgIpc) is 2.34. The Balaban J connectivity index is 4.23. The molecule has 0 aliphatic rings. The average molecular weight is 272 g/mol. The van der Waals surface area contributed by atoms with Gasteiger partial charge in [-0.2, -0.15) is 0 Å². The van der Waals surface area contributed by atoms with Gasteiger partial charge in [-0.05, 0) is 39.2 Å². The number of rotatable bonds is 11. The van der Waals surface area contributed by atoms with Crippen molar-refractivity contribution < 1.29 is 4.74 Å². The lowest BCUT2D eigenvalue weighted by molar-refractivity contribution is 0.0524. The van der Waals surface area contributed by atoms with E-state index >= 15 is 0 Å². The van der Waals surface area contributed by atoms with Gasteiger partial charge in [-0.1, -0.05) is 27.7 Å². The van der Waals surface area contributed by atoms with Gasteiger partial charge in [-0.3, -0.25) is 0 Å². The van der Waals surface area contributed by atoms with Crippen molar-refractivity contribution in [1.29, 1.82) is 0 Å². The Morgan fingerprint density at radius 2 is 1.68 bits per heavy atom. The molecule has 0 atom stereocenters. The molecule has 0 unspecified atom stereocenters. The summed E-state index contributed by atoms with van der Waals surface area (Å²) >= 11 is 0.